The highest BCUT2D eigenvalue weighted by molar-refractivity contribution is 5.92. The number of aromatic nitrogens is 2. The molecular formula is C12H19N3O2. The molecule has 94 valence electrons. The van der Waals surface area contributed by atoms with Crippen molar-refractivity contribution in [1.29, 1.82) is 0 Å². The minimum Gasteiger partial charge on any atom is -0.464 e. The molecule has 5 nitrogen and oxygen atoms in total. The number of methoxy groups -OCH3 is 1. The molecule has 1 aromatic heterocycles. The maximum absolute atomic E-state index is 11.3. The zero-order chi connectivity index (χ0) is 12.3. The Labute approximate surface area is 101 Å². The summed E-state index contributed by atoms with van der Waals surface area (Å²) in [6.45, 7) is 0.825. The van der Waals surface area contributed by atoms with Crippen LogP contribution >= 0.6 is 0 Å². The van der Waals surface area contributed by atoms with Crippen LogP contribution in [0.1, 0.15) is 42.6 Å². The highest BCUT2D eigenvalue weighted by atomic mass is 16.5. The van der Waals surface area contributed by atoms with Crippen molar-refractivity contribution in [2.75, 3.05) is 12.8 Å². The Hall–Kier alpha value is -1.52. The van der Waals surface area contributed by atoms with Crippen molar-refractivity contribution >= 4 is 11.7 Å². The van der Waals surface area contributed by atoms with E-state index in [1.807, 2.05) is 0 Å². The van der Waals surface area contributed by atoms with Crippen LogP contribution in [0.25, 0.3) is 0 Å². The van der Waals surface area contributed by atoms with E-state index in [9.17, 15) is 4.79 Å². The molecule has 0 atom stereocenters. The molecule has 1 heterocycles. The molecule has 0 bridgehead atoms. The first-order valence-electron chi connectivity index (χ1n) is 6.12. The van der Waals surface area contributed by atoms with Gasteiger partial charge in [0, 0.05) is 12.7 Å². The van der Waals surface area contributed by atoms with E-state index < -0.39 is 5.97 Å². The summed E-state index contributed by atoms with van der Waals surface area (Å²) >= 11 is 0. The highest BCUT2D eigenvalue weighted by Gasteiger charge is 2.17. The second-order valence-corrected chi connectivity index (χ2v) is 4.63. The molecule has 0 unspecified atom stereocenters. The van der Waals surface area contributed by atoms with Crippen molar-refractivity contribution in [1.82, 2.24) is 9.78 Å². The number of rotatable bonds is 4. The number of hydrogen-bond donors (Lipinski definition) is 1. The van der Waals surface area contributed by atoms with Crippen LogP contribution in [0.5, 0.6) is 0 Å². The Morgan fingerprint density at radius 3 is 2.94 bits per heavy atom. The fourth-order valence-electron chi connectivity index (χ4n) is 2.42. The van der Waals surface area contributed by atoms with Crippen LogP contribution in [0.15, 0.2) is 6.20 Å². The summed E-state index contributed by atoms with van der Waals surface area (Å²) in [6.07, 6.45) is 8.16. The average molecular weight is 237 g/mol. The summed E-state index contributed by atoms with van der Waals surface area (Å²) in [5, 5.41) is 4.16. The number of aryl methyl sites for hydroxylation is 1. The molecular weight excluding hydrogens is 218 g/mol. The van der Waals surface area contributed by atoms with E-state index in [0.29, 0.717) is 5.69 Å². The molecule has 0 saturated heterocycles. The fraction of sp³-hybridized carbons (Fsp3) is 0.667. The third-order valence-corrected chi connectivity index (χ3v) is 3.41. The Morgan fingerprint density at radius 1 is 1.59 bits per heavy atom. The third-order valence-electron chi connectivity index (χ3n) is 3.41. The summed E-state index contributed by atoms with van der Waals surface area (Å²) in [5.41, 5.74) is 6.33. The van der Waals surface area contributed by atoms with E-state index in [1.165, 1.54) is 32.8 Å². The van der Waals surface area contributed by atoms with Crippen molar-refractivity contribution in [2.45, 2.75) is 38.6 Å². The molecule has 1 aliphatic carbocycles. The predicted molar refractivity (Wildman–Crippen MR) is 64.6 cm³/mol. The summed E-state index contributed by atoms with van der Waals surface area (Å²) in [4.78, 5) is 11.3. The van der Waals surface area contributed by atoms with Gasteiger partial charge in [0.15, 0.2) is 5.69 Å². The third kappa shape index (κ3) is 2.78. The zero-order valence-corrected chi connectivity index (χ0v) is 10.2. The first kappa shape index (κ1) is 12.0. The van der Waals surface area contributed by atoms with Crippen LogP contribution < -0.4 is 5.73 Å². The summed E-state index contributed by atoms with van der Waals surface area (Å²) in [6, 6.07) is 0. The Balaban J connectivity index is 1.94. The average Bonchev–Trinajstić information content (AvgIpc) is 2.94. The van der Waals surface area contributed by atoms with Gasteiger partial charge in [-0.3, -0.25) is 4.68 Å². The number of nitrogens with two attached hydrogens (primary N) is 1. The van der Waals surface area contributed by atoms with Gasteiger partial charge in [0.05, 0.1) is 12.8 Å². The van der Waals surface area contributed by atoms with Gasteiger partial charge in [-0.25, -0.2) is 4.79 Å². The van der Waals surface area contributed by atoms with Crippen LogP contribution in [0.2, 0.25) is 0 Å². The number of nitrogens with zero attached hydrogens (tertiary/aromatic N) is 2. The second-order valence-electron chi connectivity index (χ2n) is 4.63. The van der Waals surface area contributed by atoms with Crippen molar-refractivity contribution in [3.8, 4) is 0 Å². The van der Waals surface area contributed by atoms with Crippen LogP contribution in [0.3, 0.4) is 0 Å². The molecule has 0 amide bonds. The fourth-order valence-corrected chi connectivity index (χ4v) is 2.42. The minimum atomic E-state index is -0.470. The smallest absolute Gasteiger partial charge is 0.360 e. The first-order chi connectivity index (χ1) is 8.20. The standard InChI is InChI=1S/C12H19N3O2/c1-17-12(16)11-10(13)8-15(14-11)7-6-9-4-2-3-5-9/h8-9H,2-7,13H2,1H3. The van der Waals surface area contributed by atoms with Gasteiger partial charge >= 0.3 is 5.97 Å². The summed E-state index contributed by atoms with van der Waals surface area (Å²) < 4.78 is 6.36. The highest BCUT2D eigenvalue weighted by Crippen LogP contribution is 2.27. The molecule has 5 heteroatoms. The first-order valence-corrected chi connectivity index (χ1v) is 6.12. The number of anilines is 1. The maximum Gasteiger partial charge on any atom is 0.360 e. The normalized spacial score (nSPS) is 16.3. The number of ether oxygens (including phenoxy) is 1. The number of carbonyl (C=O) groups excluding carboxylic acids is 1. The number of carbonyl (C=O) groups is 1. The van der Waals surface area contributed by atoms with E-state index in [0.717, 1.165) is 18.9 Å². The van der Waals surface area contributed by atoms with Crippen molar-refractivity contribution < 1.29 is 9.53 Å². The Morgan fingerprint density at radius 2 is 2.29 bits per heavy atom. The second kappa shape index (κ2) is 5.21. The Kier molecular flexibility index (Phi) is 3.66. The number of esters is 1. The topological polar surface area (TPSA) is 70.1 Å². The van der Waals surface area contributed by atoms with Crippen LogP contribution in [-0.2, 0) is 11.3 Å². The van der Waals surface area contributed by atoms with Crippen molar-refractivity contribution in [3.63, 3.8) is 0 Å². The molecule has 0 aromatic carbocycles. The van der Waals surface area contributed by atoms with E-state index in [1.54, 1.807) is 10.9 Å². The van der Waals surface area contributed by atoms with Crippen LogP contribution in [-0.4, -0.2) is 22.9 Å². The maximum atomic E-state index is 11.3. The van der Waals surface area contributed by atoms with Gasteiger partial charge in [-0.15, -0.1) is 0 Å². The number of hydrogen-bond acceptors (Lipinski definition) is 4. The van der Waals surface area contributed by atoms with Gasteiger partial charge in [-0.05, 0) is 12.3 Å². The monoisotopic (exact) mass is 237 g/mol. The van der Waals surface area contributed by atoms with Crippen LogP contribution in [0, 0.1) is 5.92 Å². The molecule has 1 aliphatic rings. The van der Waals surface area contributed by atoms with E-state index in [-0.39, 0.29) is 5.69 Å². The summed E-state index contributed by atoms with van der Waals surface area (Å²) in [5.74, 6) is 0.337. The van der Waals surface area contributed by atoms with Crippen molar-refractivity contribution in [3.05, 3.63) is 11.9 Å². The van der Waals surface area contributed by atoms with E-state index >= 15 is 0 Å². The van der Waals surface area contributed by atoms with Gasteiger partial charge in [0.1, 0.15) is 0 Å². The molecule has 0 spiro atoms. The van der Waals surface area contributed by atoms with Crippen molar-refractivity contribution in [2.24, 2.45) is 5.92 Å². The molecule has 1 fully saturated rings. The van der Waals surface area contributed by atoms with Gasteiger partial charge in [-0.1, -0.05) is 25.7 Å². The van der Waals surface area contributed by atoms with Gasteiger partial charge in [0.2, 0.25) is 0 Å². The molecule has 1 aromatic rings. The number of nitrogen functional groups attached to an aromatic ring is 1. The SMILES string of the molecule is COC(=O)c1nn(CCC2CCCC2)cc1N. The lowest BCUT2D eigenvalue weighted by Gasteiger charge is -2.07. The minimum absolute atomic E-state index is 0.221. The van der Waals surface area contributed by atoms with E-state index in [2.05, 4.69) is 9.84 Å². The Bertz CT molecular complexity index is 394. The molecule has 1 saturated carbocycles. The summed E-state index contributed by atoms with van der Waals surface area (Å²) in [7, 11) is 1.33. The molecule has 17 heavy (non-hydrogen) atoms. The molecule has 2 rings (SSSR count). The quantitative estimate of drug-likeness (QED) is 0.811. The lowest BCUT2D eigenvalue weighted by Crippen LogP contribution is -2.08. The molecule has 0 radical (unpaired) electrons. The van der Waals surface area contributed by atoms with Crippen LogP contribution in [0.4, 0.5) is 5.69 Å². The molecule has 0 aliphatic heterocycles. The zero-order valence-electron chi connectivity index (χ0n) is 10.2. The lowest BCUT2D eigenvalue weighted by atomic mass is 10.0. The van der Waals surface area contributed by atoms with E-state index in [4.69, 9.17) is 5.73 Å². The van der Waals surface area contributed by atoms with Gasteiger partial charge in [0.25, 0.3) is 0 Å². The lowest BCUT2D eigenvalue weighted by molar-refractivity contribution is 0.0594. The predicted octanol–water partition coefficient (Wildman–Crippen LogP) is 1.83. The molecule has 2 N–H and O–H groups in total. The van der Waals surface area contributed by atoms with Gasteiger partial charge < -0.3 is 10.5 Å². The largest absolute Gasteiger partial charge is 0.464 e. The van der Waals surface area contributed by atoms with Gasteiger partial charge in [-0.2, -0.15) is 5.10 Å².